The van der Waals surface area contributed by atoms with Crippen molar-refractivity contribution in [1.82, 2.24) is 4.98 Å². The van der Waals surface area contributed by atoms with Gasteiger partial charge in [0, 0.05) is 0 Å². The number of aromatic nitrogens is 1. The van der Waals surface area contributed by atoms with Gasteiger partial charge in [-0.05, 0) is 41.1 Å². The fraction of sp³-hybridized carbons (Fsp3) is 0.455. The Morgan fingerprint density at radius 3 is 2.50 bits per heavy atom. The molecule has 3 nitrogen and oxygen atoms in total. The van der Waals surface area contributed by atoms with Gasteiger partial charge in [-0.25, -0.2) is 13.8 Å². The molecule has 9 heteroatoms. The maximum Gasteiger partial charge on any atom is 0.418 e. The molecule has 1 aromatic heterocycles. The Bertz CT molecular complexity index is 504. The van der Waals surface area contributed by atoms with Crippen LogP contribution < -0.4 is 0 Å². The van der Waals surface area contributed by atoms with Crippen molar-refractivity contribution < 1.29 is 31.5 Å². The number of ether oxygens (including phenoxy) is 1. The van der Waals surface area contributed by atoms with Crippen molar-refractivity contribution in [2.24, 2.45) is 0 Å². The van der Waals surface area contributed by atoms with Gasteiger partial charge in [0.25, 0.3) is 6.43 Å². The predicted molar refractivity (Wildman–Crippen MR) is 67.2 cm³/mol. The second kappa shape index (κ2) is 6.64. The molecule has 112 valence electrons. The van der Waals surface area contributed by atoms with E-state index >= 15 is 0 Å². The maximum absolute atomic E-state index is 12.9. The van der Waals surface area contributed by atoms with Crippen molar-refractivity contribution in [3.63, 3.8) is 0 Å². The highest BCUT2D eigenvalue weighted by Gasteiger charge is 2.40. The lowest BCUT2D eigenvalue weighted by atomic mass is 10.0. The molecule has 1 rings (SSSR count). The van der Waals surface area contributed by atoms with Crippen molar-refractivity contribution in [1.29, 1.82) is 0 Å². The third-order valence-corrected chi connectivity index (χ3v) is 2.78. The Morgan fingerprint density at radius 1 is 1.45 bits per heavy atom. The van der Waals surface area contributed by atoms with E-state index in [9.17, 15) is 26.7 Å². The summed E-state index contributed by atoms with van der Waals surface area (Å²) < 4.78 is 68.7. The molecular formula is C11H9F5INO2. The van der Waals surface area contributed by atoms with Gasteiger partial charge in [0.15, 0.2) is 0 Å². The average molecular weight is 409 g/mol. The lowest BCUT2D eigenvalue weighted by molar-refractivity contribution is -0.144. The van der Waals surface area contributed by atoms with Gasteiger partial charge in [-0.15, -0.1) is 0 Å². The highest BCUT2D eigenvalue weighted by molar-refractivity contribution is 14.1. The number of nitrogens with zero attached hydrogens (tertiary/aromatic N) is 1. The summed E-state index contributed by atoms with van der Waals surface area (Å²) >= 11 is 1.51. The first kappa shape index (κ1) is 17.1. The zero-order chi connectivity index (χ0) is 15.5. The first-order valence-corrected chi connectivity index (χ1v) is 6.45. The summed E-state index contributed by atoms with van der Waals surface area (Å²) in [5.74, 6) is -0.916. The van der Waals surface area contributed by atoms with Crippen molar-refractivity contribution in [3.05, 3.63) is 26.6 Å². The lowest BCUT2D eigenvalue weighted by Crippen LogP contribution is -2.19. The lowest BCUT2D eigenvalue weighted by Gasteiger charge is -2.16. The van der Waals surface area contributed by atoms with E-state index in [2.05, 4.69) is 9.72 Å². The van der Waals surface area contributed by atoms with E-state index in [1.807, 2.05) is 0 Å². The number of hydrogen-bond donors (Lipinski definition) is 0. The number of esters is 1. The minimum atomic E-state index is -5.02. The van der Waals surface area contributed by atoms with Crippen LogP contribution in [0.5, 0.6) is 0 Å². The summed E-state index contributed by atoms with van der Waals surface area (Å²) in [5, 5.41) is 0. The van der Waals surface area contributed by atoms with Crippen LogP contribution in [-0.4, -0.2) is 17.6 Å². The Hall–Kier alpha value is -1.00. The van der Waals surface area contributed by atoms with E-state index < -0.39 is 41.8 Å². The van der Waals surface area contributed by atoms with Crippen molar-refractivity contribution >= 4 is 28.6 Å². The predicted octanol–water partition coefficient (Wildman–Crippen LogP) is 3.75. The summed E-state index contributed by atoms with van der Waals surface area (Å²) in [5.41, 5.74) is -3.50. The molecule has 0 aromatic carbocycles. The molecular weight excluding hydrogens is 400 g/mol. The third-order valence-electron chi connectivity index (χ3n) is 2.23. The molecule has 0 bridgehead atoms. The van der Waals surface area contributed by atoms with Crippen LogP contribution in [0, 0.1) is 3.70 Å². The van der Waals surface area contributed by atoms with Crippen LogP contribution in [0.25, 0.3) is 0 Å². The zero-order valence-corrected chi connectivity index (χ0v) is 12.3. The van der Waals surface area contributed by atoms with Crippen molar-refractivity contribution in [2.75, 3.05) is 6.61 Å². The monoisotopic (exact) mass is 409 g/mol. The highest BCUT2D eigenvalue weighted by atomic mass is 127. The summed E-state index contributed by atoms with van der Waals surface area (Å²) in [6.45, 7) is 1.48. The Morgan fingerprint density at radius 2 is 2.05 bits per heavy atom. The quantitative estimate of drug-likeness (QED) is 0.329. The van der Waals surface area contributed by atoms with Gasteiger partial charge in [0.05, 0.1) is 18.6 Å². The molecule has 0 aliphatic heterocycles. The van der Waals surface area contributed by atoms with Gasteiger partial charge < -0.3 is 4.74 Å². The van der Waals surface area contributed by atoms with E-state index in [-0.39, 0.29) is 10.3 Å². The second-order valence-corrected chi connectivity index (χ2v) is 4.75. The number of carbonyl (C=O) groups is 1. The molecule has 0 fully saturated rings. The molecule has 1 heterocycles. The van der Waals surface area contributed by atoms with Crippen LogP contribution in [0.1, 0.15) is 30.2 Å². The van der Waals surface area contributed by atoms with Crippen LogP contribution in [0.4, 0.5) is 22.0 Å². The summed E-state index contributed by atoms with van der Waals surface area (Å²) in [4.78, 5) is 14.5. The van der Waals surface area contributed by atoms with Gasteiger partial charge in [0.1, 0.15) is 9.39 Å². The van der Waals surface area contributed by atoms with Crippen LogP contribution in [0.2, 0.25) is 0 Å². The summed E-state index contributed by atoms with van der Waals surface area (Å²) in [6.07, 6.45) is -9.14. The molecule has 0 radical (unpaired) electrons. The van der Waals surface area contributed by atoms with Gasteiger partial charge in [0.2, 0.25) is 0 Å². The first-order chi connectivity index (χ1) is 9.16. The van der Waals surface area contributed by atoms with Crippen molar-refractivity contribution in [2.45, 2.75) is 25.9 Å². The molecule has 0 saturated carbocycles. The second-order valence-electron chi connectivity index (χ2n) is 3.64. The van der Waals surface area contributed by atoms with E-state index in [1.54, 1.807) is 0 Å². The number of hydrogen-bond acceptors (Lipinski definition) is 3. The maximum atomic E-state index is 12.9. The molecule has 0 aliphatic rings. The minimum absolute atomic E-state index is 0.00986. The topological polar surface area (TPSA) is 39.2 Å². The Balaban J connectivity index is 3.37. The smallest absolute Gasteiger partial charge is 0.418 e. The van der Waals surface area contributed by atoms with Crippen LogP contribution >= 0.6 is 22.6 Å². The van der Waals surface area contributed by atoms with E-state index in [1.165, 1.54) is 29.5 Å². The highest BCUT2D eigenvalue weighted by Crippen LogP contribution is 2.38. The molecule has 0 unspecified atom stereocenters. The average Bonchev–Trinajstić information content (AvgIpc) is 2.26. The fourth-order valence-corrected chi connectivity index (χ4v) is 2.21. The molecule has 20 heavy (non-hydrogen) atoms. The van der Waals surface area contributed by atoms with E-state index in [4.69, 9.17) is 0 Å². The number of halogens is 6. The number of rotatable bonds is 4. The Labute approximate surface area is 124 Å². The van der Waals surface area contributed by atoms with E-state index in [0.29, 0.717) is 0 Å². The summed E-state index contributed by atoms with van der Waals surface area (Å²) in [7, 11) is 0. The molecule has 0 amide bonds. The number of pyridine rings is 1. The van der Waals surface area contributed by atoms with Gasteiger partial charge >= 0.3 is 12.1 Å². The molecule has 1 aromatic rings. The van der Waals surface area contributed by atoms with Crippen molar-refractivity contribution in [3.8, 4) is 0 Å². The SMILES string of the molecule is CCOC(=O)Cc1cc(I)nc(C(F)F)c1C(F)(F)F. The van der Waals surface area contributed by atoms with Crippen LogP contribution in [-0.2, 0) is 22.1 Å². The molecule has 0 N–H and O–H groups in total. The Kier molecular flexibility index (Phi) is 5.66. The third kappa shape index (κ3) is 4.25. The largest absolute Gasteiger partial charge is 0.466 e. The summed E-state index contributed by atoms with van der Waals surface area (Å²) in [6, 6.07) is 0.951. The van der Waals surface area contributed by atoms with Gasteiger partial charge in [-0.3, -0.25) is 4.79 Å². The van der Waals surface area contributed by atoms with Gasteiger partial charge in [-0.1, -0.05) is 0 Å². The molecule has 0 saturated heterocycles. The molecule has 0 atom stereocenters. The number of alkyl halides is 5. The standard InChI is InChI=1S/C11H9F5INO2/c1-2-20-7(19)4-5-3-6(17)18-9(10(12)13)8(5)11(14,15)16/h3,10H,2,4H2,1H3. The minimum Gasteiger partial charge on any atom is -0.466 e. The van der Waals surface area contributed by atoms with Crippen LogP contribution in [0.15, 0.2) is 6.07 Å². The zero-order valence-electron chi connectivity index (χ0n) is 10.1. The van der Waals surface area contributed by atoms with Crippen LogP contribution in [0.3, 0.4) is 0 Å². The van der Waals surface area contributed by atoms with E-state index in [0.717, 1.165) is 6.07 Å². The fourth-order valence-electron chi connectivity index (χ4n) is 1.58. The molecule has 0 aliphatic carbocycles. The normalized spacial score (nSPS) is 11.8. The number of carbonyl (C=O) groups excluding carboxylic acids is 1. The first-order valence-electron chi connectivity index (χ1n) is 5.37. The molecule has 0 spiro atoms. The van der Waals surface area contributed by atoms with Gasteiger partial charge in [-0.2, -0.15) is 13.2 Å².